The van der Waals surface area contributed by atoms with E-state index in [0.717, 1.165) is 57.7 Å². The first kappa shape index (κ1) is 22.9. The van der Waals surface area contributed by atoms with Crippen molar-refractivity contribution in [2.24, 2.45) is 0 Å². The van der Waals surface area contributed by atoms with Crippen molar-refractivity contribution in [3.05, 3.63) is 101 Å². The fraction of sp³-hybridized carbons (Fsp3) is 0.267. The number of nitrogens with zero attached hydrogens (tertiary/aromatic N) is 3. The Bertz CT molecular complexity index is 1520. The number of H-pyrrole nitrogens is 1. The summed E-state index contributed by atoms with van der Waals surface area (Å²) in [5, 5.41) is 1.86. The quantitative estimate of drug-likeness (QED) is 0.262. The molecule has 2 aromatic carbocycles. The molecule has 5 aromatic rings. The van der Waals surface area contributed by atoms with Crippen molar-refractivity contribution in [2.45, 2.75) is 51.7 Å². The lowest BCUT2D eigenvalue weighted by Gasteiger charge is -2.28. The minimum Gasteiger partial charge on any atom is -0.473 e. The van der Waals surface area contributed by atoms with E-state index in [1.165, 1.54) is 11.1 Å². The highest BCUT2D eigenvalue weighted by Crippen LogP contribution is 2.41. The average Bonchev–Trinajstić information content (AvgIpc) is 3.51. The summed E-state index contributed by atoms with van der Waals surface area (Å²) in [7, 11) is 0. The number of fused-ring (bicyclic) bond motifs is 2. The van der Waals surface area contributed by atoms with E-state index in [9.17, 15) is 0 Å². The third-order valence-electron chi connectivity index (χ3n) is 7.12. The van der Waals surface area contributed by atoms with Crippen LogP contribution in [0.25, 0.3) is 22.2 Å². The summed E-state index contributed by atoms with van der Waals surface area (Å²) >= 11 is 6.44. The molecule has 0 fully saturated rings. The second kappa shape index (κ2) is 9.47. The van der Waals surface area contributed by atoms with Crippen LogP contribution in [0.2, 0.25) is 5.02 Å². The summed E-state index contributed by atoms with van der Waals surface area (Å²) in [6.45, 7) is 4.88. The fourth-order valence-corrected chi connectivity index (χ4v) is 5.53. The molecular weight excluding hydrogens is 468 g/mol. The van der Waals surface area contributed by atoms with Gasteiger partial charge >= 0.3 is 0 Å². The van der Waals surface area contributed by atoms with Crippen LogP contribution in [0, 0.1) is 0 Å². The van der Waals surface area contributed by atoms with Crippen LogP contribution in [0.1, 0.15) is 61.0 Å². The van der Waals surface area contributed by atoms with Crippen LogP contribution in [-0.2, 0) is 13.0 Å². The van der Waals surface area contributed by atoms with Gasteiger partial charge in [0, 0.05) is 28.2 Å². The minimum atomic E-state index is 0.197. The molecule has 0 saturated heterocycles. The van der Waals surface area contributed by atoms with E-state index >= 15 is 0 Å². The standard InChI is InChI=1S/C30H29ClN4O/c1-19(2)29-30(35(18-34-29)27-10-6-9-21-11-12-22(31)13-23(21)27)25-15-32-26-16-33-28(14-24(25)26)36-17-20-7-4-3-5-8-20/h3-5,7-8,11-16,18-19,27,32H,6,9-10,17H2,1-2H3. The van der Waals surface area contributed by atoms with Gasteiger partial charge in [0.2, 0.25) is 5.88 Å². The van der Waals surface area contributed by atoms with Crippen molar-refractivity contribution in [3.8, 4) is 17.1 Å². The van der Waals surface area contributed by atoms with E-state index in [1.807, 2.05) is 42.9 Å². The number of halogens is 1. The predicted molar refractivity (Wildman–Crippen MR) is 145 cm³/mol. The molecule has 3 heterocycles. The highest BCUT2D eigenvalue weighted by Gasteiger charge is 2.28. The summed E-state index contributed by atoms with van der Waals surface area (Å²) in [5.74, 6) is 0.892. The van der Waals surface area contributed by atoms with E-state index < -0.39 is 0 Å². The number of imidazole rings is 1. The van der Waals surface area contributed by atoms with E-state index in [-0.39, 0.29) is 12.0 Å². The largest absolute Gasteiger partial charge is 0.473 e. The van der Waals surface area contributed by atoms with Crippen LogP contribution in [0.4, 0.5) is 0 Å². The van der Waals surface area contributed by atoms with E-state index in [0.29, 0.717) is 12.5 Å². The maximum absolute atomic E-state index is 6.44. The molecule has 0 amide bonds. The highest BCUT2D eigenvalue weighted by atomic mass is 35.5. The van der Waals surface area contributed by atoms with Crippen LogP contribution in [0.3, 0.4) is 0 Å². The zero-order chi connectivity index (χ0) is 24.6. The molecule has 1 N–H and O–H groups in total. The van der Waals surface area contributed by atoms with E-state index in [4.69, 9.17) is 21.3 Å². The van der Waals surface area contributed by atoms with Gasteiger partial charge in [-0.05, 0) is 54.0 Å². The van der Waals surface area contributed by atoms with Gasteiger partial charge in [-0.3, -0.25) is 0 Å². The van der Waals surface area contributed by atoms with Gasteiger partial charge in [-0.25, -0.2) is 9.97 Å². The third kappa shape index (κ3) is 4.18. The lowest BCUT2D eigenvalue weighted by molar-refractivity contribution is 0.294. The normalized spacial score (nSPS) is 15.4. The molecule has 3 aromatic heterocycles. The number of hydrogen-bond acceptors (Lipinski definition) is 3. The zero-order valence-electron chi connectivity index (χ0n) is 20.5. The number of aromatic amines is 1. The molecule has 36 heavy (non-hydrogen) atoms. The van der Waals surface area contributed by atoms with Gasteiger partial charge in [-0.1, -0.05) is 61.8 Å². The van der Waals surface area contributed by atoms with Crippen LogP contribution in [-0.4, -0.2) is 19.5 Å². The van der Waals surface area contributed by atoms with Crippen molar-refractivity contribution in [1.29, 1.82) is 0 Å². The first-order valence-corrected chi connectivity index (χ1v) is 13.0. The molecule has 5 nitrogen and oxygen atoms in total. The molecule has 1 unspecified atom stereocenters. The monoisotopic (exact) mass is 496 g/mol. The van der Waals surface area contributed by atoms with Crippen molar-refractivity contribution in [1.82, 2.24) is 19.5 Å². The molecule has 6 rings (SSSR count). The van der Waals surface area contributed by atoms with Gasteiger partial charge in [0.05, 0.1) is 35.5 Å². The molecule has 0 aliphatic heterocycles. The summed E-state index contributed by atoms with van der Waals surface area (Å²) in [5.41, 5.74) is 8.13. The third-order valence-corrected chi connectivity index (χ3v) is 7.36. The lowest BCUT2D eigenvalue weighted by atomic mass is 9.87. The van der Waals surface area contributed by atoms with Crippen LogP contribution in [0.5, 0.6) is 5.88 Å². The first-order valence-electron chi connectivity index (χ1n) is 12.6. The number of pyridine rings is 1. The Labute approximate surface area is 216 Å². The van der Waals surface area contributed by atoms with Crippen molar-refractivity contribution in [2.75, 3.05) is 0 Å². The van der Waals surface area contributed by atoms with Crippen molar-refractivity contribution >= 4 is 22.5 Å². The van der Waals surface area contributed by atoms with Gasteiger partial charge in [0.25, 0.3) is 0 Å². The maximum atomic E-state index is 6.44. The molecule has 0 spiro atoms. The smallest absolute Gasteiger partial charge is 0.214 e. The van der Waals surface area contributed by atoms with Gasteiger partial charge < -0.3 is 14.3 Å². The molecule has 1 atom stereocenters. The number of aromatic nitrogens is 4. The fourth-order valence-electron chi connectivity index (χ4n) is 5.35. The second-order valence-electron chi connectivity index (χ2n) is 9.84. The Morgan fingerprint density at radius 3 is 2.81 bits per heavy atom. The average molecular weight is 497 g/mol. The summed E-state index contributed by atoms with van der Waals surface area (Å²) in [6.07, 6.45) is 9.23. The lowest BCUT2D eigenvalue weighted by Crippen LogP contribution is -2.17. The first-order chi connectivity index (χ1) is 17.6. The maximum Gasteiger partial charge on any atom is 0.214 e. The molecule has 1 aliphatic rings. The van der Waals surface area contributed by atoms with Gasteiger partial charge in [-0.15, -0.1) is 0 Å². The molecule has 182 valence electrons. The van der Waals surface area contributed by atoms with Crippen molar-refractivity contribution in [3.63, 3.8) is 0 Å². The topological polar surface area (TPSA) is 55.7 Å². The summed E-state index contributed by atoms with van der Waals surface area (Å²) in [6, 6.07) is 18.7. The number of hydrogen-bond donors (Lipinski definition) is 1. The van der Waals surface area contributed by atoms with Gasteiger partial charge in [0.15, 0.2) is 0 Å². The van der Waals surface area contributed by atoms with E-state index in [1.54, 1.807) is 0 Å². The summed E-state index contributed by atoms with van der Waals surface area (Å²) in [4.78, 5) is 12.9. The van der Waals surface area contributed by atoms with Gasteiger partial charge in [0.1, 0.15) is 6.61 Å². The summed E-state index contributed by atoms with van der Waals surface area (Å²) < 4.78 is 8.42. The molecule has 0 radical (unpaired) electrons. The van der Waals surface area contributed by atoms with E-state index in [2.05, 4.69) is 58.8 Å². The Hall–Kier alpha value is -3.57. The van der Waals surface area contributed by atoms with Crippen LogP contribution < -0.4 is 4.74 Å². The zero-order valence-corrected chi connectivity index (χ0v) is 21.3. The Morgan fingerprint density at radius 1 is 1.11 bits per heavy atom. The van der Waals surface area contributed by atoms with Crippen molar-refractivity contribution < 1.29 is 4.74 Å². The molecule has 0 bridgehead atoms. The number of aryl methyl sites for hydroxylation is 1. The second-order valence-corrected chi connectivity index (χ2v) is 10.3. The Kier molecular flexibility index (Phi) is 6.02. The number of benzene rings is 2. The molecule has 1 aliphatic carbocycles. The SMILES string of the molecule is CC(C)c1ncn(C2CCCc3ccc(Cl)cc32)c1-c1c[nH]c2cnc(OCc3ccccc3)cc12. The minimum absolute atomic E-state index is 0.197. The molecular formula is C30H29ClN4O. The van der Waals surface area contributed by atoms with Gasteiger partial charge in [-0.2, -0.15) is 0 Å². The predicted octanol–water partition coefficient (Wildman–Crippen LogP) is 7.71. The van der Waals surface area contributed by atoms with Crippen LogP contribution >= 0.6 is 11.6 Å². The highest BCUT2D eigenvalue weighted by molar-refractivity contribution is 6.30. The van der Waals surface area contributed by atoms with Crippen LogP contribution in [0.15, 0.2) is 73.3 Å². The Balaban J connectivity index is 1.44. The number of ether oxygens (including phenoxy) is 1. The number of rotatable bonds is 6. The molecule has 0 saturated carbocycles. The molecule has 6 heteroatoms. The number of nitrogens with one attached hydrogen (secondary N) is 1. The Morgan fingerprint density at radius 2 is 1.97 bits per heavy atom.